The van der Waals surface area contributed by atoms with Crippen molar-refractivity contribution in [2.45, 2.75) is 6.36 Å². The van der Waals surface area contributed by atoms with Crippen molar-refractivity contribution < 1.29 is 22.7 Å². The lowest BCUT2D eigenvalue weighted by molar-refractivity contribution is -0.274. The first-order valence-corrected chi connectivity index (χ1v) is 5.81. The monoisotopic (exact) mass is 286 g/mol. The normalized spacial score (nSPS) is 12.1. The van der Waals surface area contributed by atoms with E-state index in [-0.39, 0.29) is 18.2 Å². The van der Waals surface area contributed by atoms with Crippen molar-refractivity contribution in [1.29, 1.82) is 0 Å². The van der Waals surface area contributed by atoms with E-state index in [0.717, 1.165) is 0 Å². The van der Waals surface area contributed by atoms with Crippen LogP contribution in [0.1, 0.15) is 4.79 Å². The van der Waals surface area contributed by atoms with Gasteiger partial charge in [-0.3, -0.25) is 9.36 Å². The van der Waals surface area contributed by atoms with Gasteiger partial charge < -0.3 is 9.64 Å². The molecule has 0 atom stereocenters. The summed E-state index contributed by atoms with van der Waals surface area (Å²) in [5.41, 5.74) is 0.548. The van der Waals surface area contributed by atoms with Crippen molar-refractivity contribution in [3.63, 3.8) is 0 Å². The third-order valence-corrected chi connectivity index (χ3v) is 2.62. The quantitative estimate of drug-likeness (QED) is 0.870. The zero-order valence-corrected chi connectivity index (χ0v) is 10.9. The Balaban J connectivity index is 2.31. The Morgan fingerprint density at radius 2 is 2.00 bits per heavy atom. The number of carbonyl (C=O) groups excluding carboxylic acids is 1. The van der Waals surface area contributed by atoms with Gasteiger partial charge in [0.1, 0.15) is 5.75 Å². The molecule has 0 radical (unpaired) electrons. The molecule has 1 aromatic heterocycles. The van der Waals surface area contributed by atoms with Crippen molar-refractivity contribution in [2.75, 3.05) is 20.6 Å². The molecule has 7 heteroatoms. The van der Waals surface area contributed by atoms with Crippen LogP contribution < -0.4 is 4.74 Å². The minimum Gasteiger partial charge on any atom is -0.406 e. The van der Waals surface area contributed by atoms with Gasteiger partial charge in [-0.25, -0.2) is 0 Å². The Labute approximate surface area is 113 Å². The Morgan fingerprint density at radius 3 is 2.60 bits per heavy atom. The largest absolute Gasteiger partial charge is 0.573 e. The lowest BCUT2D eigenvalue weighted by Crippen LogP contribution is -2.25. The summed E-state index contributed by atoms with van der Waals surface area (Å²) in [7, 11) is 3.53. The highest BCUT2D eigenvalue weighted by molar-refractivity contribution is 5.93. The van der Waals surface area contributed by atoms with E-state index in [1.165, 1.54) is 29.0 Å². The number of rotatable bonds is 3. The van der Waals surface area contributed by atoms with Crippen LogP contribution in [0.2, 0.25) is 0 Å². The molecule has 0 aliphatic heterocycles. The van der Waals surface area contributed by atoms with Gasteiger partial charge in [0.15, 0.2) is 0 Å². The fraction of sp³-hybridized carbons (Fsp3) is 0.308. The van der Waals surface area contributed by atoms with Gasteiger partial charge in [-0.2, -0.15) is 0 Å². The number of aromatic nitrogens is 1. The Morgan fingerprint density at radius 1 is 1.30 bits per heavy atom. The predicted molar refractivity (Wildman–Crippen MR) is 67.8 cm³/mol. The third-order valence-electron chi connectivity index (χ3n) is 2.62. The van der Waals surface area contributed by atoms with E-state index in [1.807, 2.05) is 0 Å². The summed E-state index contributed by atoms with van der Waals surface area (Å²) in [5.74, 6) is -0.461. The second-order valence-corrected chi connectivity index (χ2v) is 4.59. The van der Waals surface area contributed by atoms with E-state index in [9.17, 15) is 18.0 Å². The molecule has 0 aliphatic rings. The lowest BCUT2D eigenvalue weighted by Gasteiger charge is -2.11. The average molecular weight is 286 g/mol. The molecule has 0 saturated carbocycles. The first kappa shape index (κ1) is 14.4. The molecule has 0 saturated heterocycles. The first-order valence-electron chi connectivity index (χ1n) is 5.81. The summed E-state index contributed by atoms with van der Waals surface area (Å²) in [4.78, 5) is 13.7. The van der Waals surface area contributed by atoms with Crippen molar-refractivity contribution in [1.82, 2.24) is 9.47 Å². The maximum absolute atomic E-state index is 12.1. The van der Waals surface area contributed by atoms with Crippen LogP contribution >= 0.6 is 0 Å². The van der Waals surface area contributed by atoms with Crippen molar-refractivity contribution in [3.05, 3.63) is 30.5 Å². The number of ether oxygens (including phenoxy) is 1. The molecule has 1 heterocycles. The van der Waals surface area contributed by atoms with Crippen LogP contribution in [0.4, 0.5) is 13.2 Å². The van der Waals surface area contributed by atoms with Crippen molar-refractivity contribution >= 4 is 16.8 Å². The highest BCUT2D eigenvalue weighted by Crippen LogP contribution is 2.27. The fourth-order valence-corrected chi connectivity index (χ4v) is 1.88. The van der Waals surface area contributed by atoms with E-state index in [4.69, 9.17) is 0 Å². The third kappa shape index (κ3) is 3.30. The molecule has 4 nitrogen and oxygen atoms in total. The molecule has 0 spiro atoms. The van der Waals surface area contributed by atoms with Crippen molar-refractivity contribution in [2.24, 2.45) is 0 Å². The molecule has 0 aliphatic carbocycles. The van der Waals surface area contributed by atoms with Gasteiger partial charge in [0, 0.05) is 11.6 Å². The summed E-state index contributed by atoms with van der Waals surface area (Å²) in [5, 5.41) is 0.513. The average Bonchev–Trinajstić information content (AvgIpc) is 2.68. The number of hydrogen-bond acceptors (Lipinski definition) is 3. The molecular formula is C13H13F3N2O2. The number of halogens is 3. The summed E-state index contributed by atoms with van der Waals surface area (Å²) in [6, 6.07) is 5.45. The summed E-state index contributed by atoms with van der Waals surface area (Å²) in [6.45, 7) is 0.213. The minimum atomic E-state index is -4.73. The van der Waals surface area contributed by atoms with E-state index in [0.29, 0.717) is 10.9 Å². The fourth-order valence-electron chi connectivity index (χ4n) is 1.88. The van der Waals surface area contributed by atoms with Gasteiger partial charge >= 0.3 is 6.36 Å². The lowest BCUT2D eigenvalue weighted by atomic mass is 10.2. The minimum absolute atomic E-state index is 0.158. The van der Waals surface area contributed by atoms with E-state index >= 15 is 0 Å². The second kappa shape index (κ2) is 5.16. The standard InChI is InChI=1S/C13H13F3N2O2/c1-17(2)8-12(19)18-6-5-9-7-10(3-4-11(9)18)20-13(14,15)16/h3-7H,8H2,1-2H3. The van der Waals surface area contributed by atoms with Gasteiger partial charge in [0.2, 0.25) is 5.91 Å². The Kier molecular flexibility index (Phi) is 3.71. The SMILES string of the molecule is CN(C)CC(=O)n1ccc2cc(OC(F)(F)F)ccc21. The summed E-state index contributed by atoms with van der Waals surface area (Å²) >= 11 is 0. The number of likely N-dealkylation sites (N-methyl/N-ethyl adjacent to an activating group) is 1. The molecule has 1 aromatic carbocycles. The highest BCUT2D eigenvalue weighted by Gasteiger charge is 2.31. The molecule has 108 valence electrons. The van der Waals surface area contributed by atoms with Crippen LogP contribution in [0.15, 0.2) is 30.5 Å². The van der Waals surface area contributed by atoms with Gasteiger partial charge in [-0.1, -0.05) is 0 Å². The van der Waals surface area contributed by atoms with Crippen LogP contribution in [0, 0.1) is 0 Å². The Hall–Kier alpha value is -2.02. The summed E-state index contributed by atoms with van der Waals surface area (Å²) in [6.07, 6.45) is -3.19. The first-order chi connectivity index (χ1) is 9.26. The highest BCUT2D eigenvalue weighted by atomic mass is 19.4. The maximum atomic E-state index is 12.1. The van der Waals surface area contributed by atoms with Crippen LogP contribution in [-0.4, -0.2) is 42.4 Å². The topological polar surface area (TPSA) is 34.5 Å². The van der Waals surface area contributed by atoms with Gasteiger partial charge in [-0.05, 0) is 38.4 Å². The van der Waals surface area contributed by atoms with Gasteiger partial charge in [0.05, 0.1) is 12.1 Å². The molecule has 0 amide bonds. The second-order valence-electron chi connectivity index (χ2n) is 4.59. The van der Waals surface area contributed by atoms with Gasteiger partial charge in [-0.15, -0.1) is 13.2 Å². The van der Waals surface area contributed by atoms with Crippen LogP contribution in [-0.2, 0) is 0 Å². The predicted octanol–water partition coefficient (Wildman–Crippen LogP) is 2.74. The number of alkyl halides is 3. The maximum Gasteiger partial charge on any atom is 0.573 e. The molecule has 0 fully saturated rings. The van der Waals surface area contributed by atoms with E-state index in [2.05, 4.69) is 4.74 Å². The number of hydrogen-bond donors (Lipinski definition) is 0. The molecule has 2 aromatic rings. The number of benzene rings is 1. The molecular weight excluding hydrogens is 273 g/mol. The molecule has 2 rings (SSSR count). The smallest absolute Gasteiger partial charge is 0.406 e. The van der Waals surface area contributed by atoms with Gasteiger partial charge in [0.25, 0.3) is 0 Å². The molecule has 0 bridgehead atoms. The van der Waals surface area contributed by atoms with Crippen LogP contribution in [0.5, 0.6) is 5.75 Å². The molecule has 20 heavy (non-hydrogen) atoms. The van der Waals surface area contributed by atoms with E-state index in [1.54, 1.807) is 25.1 Å². The summed E-state index contributed by atoms with van der Waals surface area (Å²) < 4.78 is 41.6. The zero-order chi connectivity index (χ0) is 14.9. The number of carbonyl (C=O) groups is 1. The van der Waals surface area contributed by atoms with Crippen molar-refractivity contribution in [3.8, 4) is 5.75 Å². The van der Waals surface area contributed by atoms with Crippen LogP contribution in [0.25, 0.3) is 10.9 Å². The molecule has 0 unspecified atom stereocenters. The zero-order valence-electron chi connectivity index (χ0n) is 10.9. The number of nitrogens with zero attached hydrogens (tertiary/aromatic N) is 2. The number of fused-ring (bicyclic) bond motifs is 1. The van der Waals surface area contributed by atoms with Crippen LogP contribution in [0.3, 0.4) is 0 Å². The molecule has 0 N–H and O–H groups in total. The van der Waals surface area contributed by atoms with E-state index < -0.39 is 6.36 Å². The Bertz CT molecular complexity index is 632.